The average molecular weight is 368 g/mol. The molecule has 2 aliphatic heterocycles. The van der Waals surface area contributed by atoms with Crippen molar-refractivity contribution in [2.45, 2.75) is 57.9 Å². The molecule has 0 aromatic carbocycles. The number of nitrogens with zero attached hydrogens (tertiary/aromatic N) is 4. The minimum Gasteiger partial charge on any atom is -0.336 e. The number of pyridine rings is 1. The van der Waals surface area contributed by atoms with Crippen LogP contribution in [0.15, 0.2) is 24.4 Å². The molecule has 1 unspecified atom stereocenters. The second-order valence-electron chi connectivity index (χ2n) is 7.65. The molecule has 0 N–H and O–H groups in total. The van der Waals surface area contributed by atoms with Gasteiger partial charge in [0.2, 0.25) is 5.82 Å². The summed E-state index contributed by atoms with van der Waals surface area (Å²) >= 11 is 0. The fourth-order valence-electron chi connectivity index (χ4n) is 4.41. The fourth-order valence-corrected chi connectivity index (χ4v) is 4.41. The van der Waals surface area contributed by atoms with Crippen LogP contribution in [0.4, 0.5) is 0 Å². The van der Waals surface area contributed by atoms with E-state index in [1.807, 2.05) is 34.2 Å². The van der Waals surface area contributed by atoms with Crippen LogP contribution in [0.3, 0.4) is 0 Å². The van der Waals surface area contributed by atoms with E-state index in [2.05, 4.69) is 11.9 Å². The first-order valence-electron chi connectivity index (χ1n) is 10.3. The zero-order valence-electron chi connectivity index (χ0n) is 16.1. The lowest BCUT2D eigenvalue weighted by molar-refractivity contribution is 0.0604. The van der Waals surface area contributed by atoms with Gasteiger partial charge in [-0.3, -0.25) is 14.0 Å². The largest absolute Gasteiger partial charge is 0.336 e. The molecule has 27 heavy (non-hydrogen) atoms. The normalized spacial score (nSPS) is 20.9. The summed E-state index contributed by atoms with van der Waals surface area (Å²) < 4.78 is 1.79. The van der Waals surface area contributed by atoms with Crippen molar-refractivity contribution in [3.8, 4) is 0 Å². The number of hydrogen-bond donors (Lipinski definition) is 0. The van der Waals surface area contributed by atoms with E-state index in [0.717, 1.165) is 57.3 Å². The van der Waals surface area contributed by atoms with E-state index in [-0.39, 0.29) is 17.9 Å². The molecule has 2 aromatic rings. The van der Waals surface area contributed by atoms with Crippen LogP contribution >= 0.6 is 0 Å². The number of aromatic nitrogens is 2. The predicted molar refractivity (Wildman–Crippen MR) is 104 cm³/mol. The quantitative estimate of drug-likeness (QED) is 0.835. The van der Waals surface area contributed by atoms with Crippen LogP contribution < -0.4 is 0 Å². The third-order valence-electron chi connectivity index (χ3n) is 5.94. The Hall–Kier alpha value is -2.37. The lowest BCUT2D eigenvalue weighted by Crippen LogP contribution is -2.43. The molecular weight excluding hydrogens is 340 g/mol. The highest BCUT2D eigenvalue weighted by atomic mass is 16.2. The number of carbonyl (C=O) groups excluding carboxylic acids is 2. The molecule has 2 aliphatic rings. The van der Waals surface area contributed by atoms with E-state index in [9.17, 15) is 9.59 Å². The standard InChI is InChI=1S/C21H28N4O2/c1-2-16-10-4-8-14-24(16)20(26)18-17-11-5-9-15-25(17)19(22-18)21(27)23-12-6-3-7-13-23/h5,9,11,15-16H,2-4,6-8,10,12-14H2,1H3. The molecule has 0 spiro atoms. The highest BCUT2D eigenvalue weighted by Gasteiger charge is 2.31. The van der Waals surface area contributed by atoms with Gasteiger partial charge in [-0.15, -0.1) is 0 Å². The van der Waals surface area contributed by atoms with Gasteiger partial charge in [0.15, 0.2) is 5.69 Å². The number of fused-ring (bicyclic) bond motifs is 1. The minimum atomic E-state index is -0.0689. The first-order valence-corrected chi connectivity index (χ1v) is 10.3. The van der Waals surface area contributed by atoms with Crippen LogP contribution in [0.5, 0.6) is 0 Å². The number of amides is 2. The fraction of sp³-hybridized carbons (Fsp3) is 0.571. The molecule has 2 fully saturated rings. The number of likely N-dealkylation sites (tertiary alicyclic amines) is 2. The van der Waals surface area contributed by atoms with Gasteiger partial charge in [-0.05, 0) is 57.1 Å². The summed E-state index contributed by atoms with van der Waals surface area (Å²) in [6.45, 7) is 4.45. The number of carbonyl (C=O) groups is 2. The Morgan fingerprint density at radius 3 is 2.59 bits per heavy atom. The van der Waals surface area contributed by atoms with Crippen LogP contribution in [0.2, 0.25) is 0 Å². The molecule has 2 amide bonds. The molecule has 144 valence electrons. The second kappa shape index (κ2) is 7.71. The third-order valence-corrected chi connectivity index (χ3v) is 5.94. The van der Waals surface area contributed by atoms with Crippen molar-refractivity contribution < 1.29 is 9.59 Å². The first-order chi connectivity index (χ1) is 13.2. The molecule has 1 atom stereocenters. The predicted octanol–water partition coefficient (Wildman–Crippen LogP) is 3.37. The molecule has 4 heterocycles. The van der Waals surface area contributed by atoms with E-state index in [1.54, 1.807) is 4.40 Å². The number of hydrogen-bond acceptors (Lipinski definition) is 3. The SMILES string of the molecule is CCC1CCCCN1C(=O)c1nc(C(=O)N2CCCCC2)n2ccccc12. The van der Waals surface area contributed by atoms with Gasteiger partial charge in [0.25, 0.3) is 11.8 Å². The first kappa shape index (κ1) is 18.0. The van der Waals surface area contributed by atoms with Gasteiger partial charge in [0, 0.05) is 31.9 Å². The van der Waals surface area contributed by atoms with Crippen LogP contribution in [0.1, 0.15) is 73.0 Å². The average Bonchev–Trinajstić information content (AvgIpc) is 3.13. The Morgan fingerprint density at radius 2 is 1.81 bits per heavy atom. The van der Waals surface area contributed by atoms with E-state index in [1.165, 1.54) is 12.8 Å². The molecule has 0 aliphatic carbocycles. The molecular formula is C21H28N4O2. The summed E-state index contributed by atoms with van der Waals surface area (Å²) in [6, 6.07) is 5.94. The van der Waals surface area contributed by atoms with Gasteiger partial charge >= 0.3 is 0 Å². The van der Waals surface area contributed by atoms with Crippen molar-refractivity contribution in [2.75, 3.05) is 19.6 Å². The Labute approximate surface area is 160 Å². The highest BCUT2D eigenvalue weighted by molar-refractivity contribution is 6.02. The summed E-state index contributed by atoms with van der Waals surface area (Å²) in [4.78, 5) is 34.8. The van der Waals surface area contributed by atoms with Gasteiger partial charge in [0.1, 0.15) is 0 Å². The lowest BCUT2D eigenvalue weighted by Gasteiger charge is -2.34. The lowest BCUT2D eigenvalue weighted by atomic mass is 9.99. The van der Waals surface area contributed by atoms with Crippen molar-refractivity contribution in [3.63, 3.8) is 0 Å². The summed E-state index contributed by atoms with van der Waals surface area (Å²) in [6.07, 6.45) is 9.29. The van der Waals surface area contributed by atoms with E-state index < -0.39 is 0 Å². The molecule has 2 saturated heterocycles. The summed E-state index contributed by atoms with van der Waals surface area (Å²) in [5, 5.41) is 0. The van der Waals surface area contributed by atoms with Crippen LogP contribution in [-0.2, 0) is 0 Å². The zero-order valence-corrected chi connectivity index (χ0v) is 16.1. The maximum Gasteiger partial charge on any atom is 0.290 e. The minimum absolute atomic E-state index is 0.0389. The molecule has 4 rings (SSSR count). The van der Waals surface area contributed by atoms with Crippen molar-refractivity contribution in [1.82, 2.24) is 19.2 Å². The van der Waals surface area contributed by atoms with Gasteiger partial charge in [-0.2, -0.15) is 0 Å². The zero-order chi connectivity index (χ0) is 18.8. The van der Waals surface area contributed by atoms with Gasteiger partial charge in [-0.1, -0.05) is 13.0 Å². The number of imidazole rings is 1. The van der Waals surface area contributed by atoms with Gasteiger partial charge < -0.3 is 9.80 Å². The van der Waals surface area contributed by atoms with Crippen molar-refractivity contribution in [2.24, 2.45) is 0 Å². The Kier molecular flexibility index (Phi) is 5.14. The molecule has 0 radical (unpaired) electrons. The van der Waals surface area contributed by atoms with Crippen LogP contribution in [0, 0.1) is 0 Å². The highest BCUT2D eigenvalue weighted by Crippen LogP contribution is 2.24. The summed E-state index contributed by atoms with van der Waals surface area (Å²) in [5.41, 5.74) is 1.14. The van der Waals surface area contributed by atoms with E-state index in [4.69, 9.17) is 0 Å². The third kappa shape index (κ3) is 3.33. The van der Waals surface area contributed by atoms with Gasteiger partial charge in [0.05, 0.1) is 5.52 Å². The maximum atomic E-state index is 13.3. The summed E-state index contributed by atoms with van der Waals surface area (Å²) in [7, 11) is 0. The van der Waals surface area contributed by atoms with E-state index >= 15 is 0 Å². The van der Waals surface area contributed by atoms with Crippen molar-refractivity contribution >= 4 is 17.3 Å². The topological polar surface area (TPSA) is 57.9 Å². The molecule has 0 bridgehead atoms. The molecule has 0 saturated carbocycles. The molecule has 6 nitrogen and oxygen atoms in total. The van der Waals surface area contributed by atoms with Crippen LogP contribution in [-0.4, -0.2) is 56.7 Å². The number of rotatable bonds is 3. The Balaban J connectivity index is 1.71. The molecule has 6 heteroatoms. The van der Waals surface area contributed by atoms with Crippen LogP contribution in [0.25, 0.3) is 5.52 Å². The monoisotopic (exact) mass is 368 g/mol. The van der Waals surface area contributed by atoms with Crippen molar-refractivity contribution in [1.29, 1.82) is 0 Å². The summed E-state index contributed by atoms with van der Waals surface area (Å²) in [5.74, 6) is 0.254. The Bertz CT molecular complexity index is 838. The number of piperidine rings is 2. The second-order valence-corrected chi connectivity index (χ2v) is 7.65. The van der Waals surface area contributed by atoms with Crippen molar-refractivity contribution in [3.05, 3.63) is 35.9 Å². The maximum absolute atomic E-state index is 13.3. The van der Waals surface area contributed by atoms with E-state index in [0.29, 0.717) is 11.5 Å². The smallest absolute Gasteiger partial charge is 0.290 e. The van der Waals surface area contributed by atoms with Gasteiger partial charge in [-0.25, -0.2) is 4.98 Å². The molecule has 2 aromatic heterocycles. The Morgan fingerprint density at radius 1 is 1.04 bits per heavy atom.